The van der Waals surface area contributed by atoms with Gasteiger partial charge in [-0.1, -0.05) is 12.1 Å². The predicted molar refractivity (Wildman–Crippen MR) is 88.2 cm³/mol. The Balaban J connectivity index is 1.63. The van der Waals surface area contributed by atoms with Crippen LogP contribution in [0.25, 0.3) is 0 Å². The molecule has 0 saturated carbocycles. The van der Waals surface area contributed by atoms with Gasteiger partial charge in [0.1, 0.15) is 12.4 Å². The van der Waals surface area contributed by atoms with E-state index < -0.39 is 0 Å². The van der Waals surface area contributed by atoms with Crippen LogP contribution < -0.4 is 15.8 Å². The van der Waals surface area contributed by atoms with E-state index in [4.69, 9.17) is 10.5 Å². The lowest BCUT2D eigenvalue weighted by Crippen LogP contribution is -2.45. The molecule has 0 spiro atoms. The van der Waals surface area contributed by atoms with Crippen LogP contribution in [0.3, 0.4) is 0 Å². The molecule has 126 valence electrons. The van der Waals surface area contributed by atoms with Crippen LogP contribution in [0.1, 0.15) is 24.8 Å². The number of nitrogens with one attached hydrogen (secondary N) is 1. The second-order valence-electron chi connectivity index (χ2n) is 6.00. The first-order chi connectivity index (χ1) is 11.0. The fourth-order valence-electron chi connectivity index (χ4n) is 2.77. The fraction of sp³-hybridized carbons (Fsp3) is 0.529. The quantitative estimate of drug-likeness (QED) is 0.782. The summed E-state index contributed by atoms with van der Waals surface area (Å²) in [5, 5.41) is 2.86. The Bertz CT molecular complexity index is 540. The van der Waals surface area contributed by atoms with E-state index in [0.29, 0.717) is 38.6 Å². The molecule has 1 aliphatic rings. The Hall–Kier alpha value is -2.24. The van der Waals surface area contributed by atoms with E-state index in [1.165, 1.54) is 0 Å². The molecule has 6 heteroatoms. The zero-order valence-corrected chi connectivity index (χ0v) is 13.6. The topological polar surface area (TPSA) is 84.7 Å². The summed E-state index contributed by atoms with van der Waals surface area (Å²) in [5.74, 6) is 0.855. The number of amides is 3. The van der Waals surface area contributed by atoms with Gasteiger partial charge in [0.2, 0.25) is 5.91 Å². The lowest BCUT2D eigenvalue weighted by Gasteiger charge is -2.31. The van der Waals surface area contributed by atoms with E-state index in [9.17, 15) is 9.59 Å². The van der Waals surface area contributed by atoms with Crippen molar-refractivity contribution in [1.29, 1.82) is 0 Å². The van der Waals surface area contributed by atoms with Gasteiger partial charge in [-0.2, -0.15) is 0 Å². The predicted octanol–water partition coefficient (Wildman–Crippen LogP) is 1.67. The number of nitrogens with zero attached hydrogens (tertiary/aromatic N) is 1. The highest BCUT2D eigenvalue weighted by Crippen LogP contribution is 2.20. The average Bonchev–Trinajstić information content (AvgIpc) is 2.51. The number of rotatable bonds is 6. The second kappa shape index (κ2) is 8.41. The standard InChI is InChI=1S/C17H25N3O3/c1-13-3-2-4-15(11-13)23-10-7-19-17(22)20-8-5-14(6-9-20)12-16(18)21/h2-4,11,14H,5-10,12H2,1H3,(H2,18,21)(H,19,22). The van der Waals surface area contributed by atoms with Crippen molar-refractivity contribution in [1.82, 2.24) is 10.2 Å². The Morgan fingerprint density at radius 1 is 1.35 bits per heavy atom. The minimum absolute atomic E-state index is 0.0737. The number of aryl methyl sites for hydroxylation is 1. The van der Waals surface area contributed by atoms with E-state index >= 15 is 0 Å². The molecule has 0 aromatic heterocycles. The van der Waals surface area contributed by atoms with Gasteiger partial charge in [0, 0.05) is 19.5 Å². The molecule has 2 rings (SSSR count). The molecule has 23 heavy (non-hydrogen) atoms. The number of nitrogens with two attached hydrogens (primary N) is 1. The van der Waals surface area contributed by atoms with Crippen LogP contribution in [0.15, 0.2) is 24.3 Å². The number of likely N-dealkylation sites (tertiary alicyclic amines) is 1. The summed E-state index contributed by atoms with van der Waals surface area (Å²) in [6.45, 7) is 4.25. The van der Waals surface area contributed by atoms with Gasteiger partial charge in [-0.05, 0) is 43.4 Å². The molecular weight excluding hydrogens is 294 g/mol. The zero-order valence-electron chi connectivity index (χ0n) is 13.6. The van der Waals surface area contributed by atoms with Crippen LogP contribution in [-0.2, 0) is 4.79 Å². The van der Waals surface area contributed by atoms with Gasteiger partial charge >= 0.3 is 6.03 Å². The highest BCUT2D eigenvalue weighted by atomic mass is 16.5. The van der Waals surface area contributed by atoms with Gasteiger partial charge in [0.25, 0.3) is 0 Å². The fourth-order valence-corrected chi connectivity index (χ4v) is 2.77. The van der Waals surface area contributed by atoms with Gasteiger partial charge in [0.05, 0.1) is 6.54 Å². The van der Waals surface area contributed by atoms with Gasteiger partial charge in [-0.3, -0.25) is 4.79 Å². The molecule has 1 aliphatic heterocycles. The molecule has 1 fully saturated rings. The second-order valence-corrected chi connectivity index (χ2v) is 6.00. The molecule has 0 aliphatic carbocycles. The number of ether oxygens (including phenoxy) is 1. The normalized spacial score (nSPS) is 15.3. The largest absolute Gasteiger partial charge is 0.492 e. The van der Waals surface area contributed by atoms with Gasteiger partial charge in [0.15, 0.2) is 0 Å². The summed E-state index contributed by atoms with van der Waals surface area (Å²) < 4.78 is 5.60. The molecule has 0 bridgehead atoms. The highest BCUT2D eigenvalue weighted by molar-refractivity contribution is 5.75. The van der Waals surface area contributed by atoms with Crippen LogP contribution in [0, 0.1) is 12.8 Å². The monoisotopic (exact) mass is 319 g/mol. The lowest BCUT2D eigenvalue weighted by molar-refractivity contribution is -0.119. The van der Waals surface area contributed by atoms with E-state index in [1.807, 2.05) is 31.2 Å². The average molecular weight is 319 g/mol. The molecule has 1 aromatic carbocycles. The maximum Gasteiger partial charge on any atom is 0.317 e. The molecule has 6 nitrogen and oxygen atoms in total. The van der Waals surface area contributed by atoms with Crippen molar-refractivity contribution >= 4 is 11.9 Å². The first-order valence-corrected chi connectivity index (χ1v) is 8.05. The number of urea groups is 1. The molecule has 3 amide bonds. The Morgan fingerprint density at radius 2 is 2.09 bits per heavy atom. The summed E-state index contributed by atoms with van der Waals surface area (Å²) in [4.78, 5) is 24.8. The van der Waals surface area contributed by atoms with Crippen molar-refractivity contribution in [3.05, 3.63) is 29.8 Å². The van der Waals surface area contributed by atoms with Crippen molar-refractivity contribution in [3.8, 4) is 5.75 Å². The number of hydrogen-bond donors (Lipinski definition) is 2. The Morgan fingerprint density at radius 3 is 2.74 bits per heavy atom. The van der Waals surface area contributed by atoms with E-state index in [-0.39, 0.29) is 11.9 Å². The summed E-state index contributed by atoms with van der Waals surface area (Å²) in [6, 6.07) is 7.75. The molecule has 3 N–H and O–H groups in total. The third-order valence-corrected chi connectivity index (χ3v) is 4.03. The Labute approximate surface area is 137 Å². The smallest absolute Gasteiger partial charge is 0.317 e. The van der Waals surface area contributed by atoms with Crippen LogP contribution in [0.2, 0.25) is 0 Å². The zero-order chi connectivity index (χ0) is 16.7. The van der Waals surface area contributed by atoms with Crippen LogP contribution in [0.4, 0.5) is 4.79 Å². The van der Waals surface area contributed by atoms with Crippen LogP contribution >= 0.6 is 0 Å². The maximum absolute atomic E-state index is 12.1. The summed E-state index contributed by atoms with van der Waals surface area (Å²) in [6.07, 6.45) is 2.08. The number of carbonyl (C=O) groups is 2. The van der Waals surface area contributed by atoms with Crippen molar-refractivity contribution in [2.24, 2.45) is 11.7 Å². The molecule has 1 heterocycles. The maximum atomic E-state index is 12.1. The van der Waals surface area contributed by atoms with E-state index in [2.05, 4.69) is 5.32 Å². The van der Waals surface area contributed by atoms with Gasteiger partial charge in [-0.15, -0.1) is 0 Å². The highest BCUT2D eigenvalue weighted by Gasteiger charge is 2.23. The first-order valence-electron chi connectivity index (χ1n) is 8.05. The van der Waals surface area contributed by atoms with Gasteiger partial charge < -0.3 is 20.7 Å². The summed E-state index contributed by atoms with van der Waals surface area (Å²) in [5.41, 5.74) is 6.35. The minimum Gasteiger partial charge on any atom is -0.492 e. The summed E-state index contributed by atoms with van der Waals surface area (Å²) >= 11 is 0. The van der Waals surface area contributed by atoms with Crippen molar-refractivity contribution < 1.29 is 14.3 Å². The molecular formula is C17H25N3O3. The number of hydrogen-bond acceptors (Lipinski definition) is 3. The number of piperidine rings is 1. The number of benzene rings is 1. The third-order valence-electron chi connectivity index (χ3n) is 4.03. The first kappa shape index (κ1) is 17.1. The number of primary amides is 1. The molecule has 0 radical (unpaired) electrons. The van der Waals surface area contributed by atoms with E-state index in [0.717, 1.165) is 24.2 Å². The molecule has 0 atom stereocenters. The minimum atomic E-state index is -0.263. The molecule has 1 aromatic rings. The lowest BCUT2D eigenvalue weighted by atomic mass is 9.93. The Kier molecular flexibility index (Phi) is 6.26. The van der Waals surface area contributed by atoms with Crippen LogP contribution in [-0.4, -0.2) is 43.1 Å². The van der Waals surface area contributed by atoms with Crippen molar-refractivity contribution in [2.75, 3.05) is 26.2 Å². The molecule has 1 saturated heterocycles. The molecule has 0 unspecified atom stereocenters. The third kappa shape index (κ3) is 5.81. The van der Waals surface area contributed by atoms with E-state index in [1.54, 1.807) is 4.90 Å². The van der Waals surface area contributed by atoms with Crippen molar-refractivity contribution in [3.63, 3.8) is 0 Å². The summed E-state index contributed by atoms with van der Waals surface area (Å²) in [7, 11) is 0. The number of carbonyl (C=O) groups excluding carboxylic acids is 2. The van der Waals surface area contributed by atoms with Crippen LogP contribution in [0.5, 0.6) is 5.75 Å². The van der Waals surface area contributed by atoms with Crippen molar-refractivity contribution in [2.45, 2.75) is 26.2 Å². The van der Waals surface area contributed by atoms with Gasteiger partial charge in [-0.25, -0.2) is 4.79 Å². The SMILES string of the molecule is Cc1cccc(OCCNC(=O)N2CCC(CC(N)=O)CC2)c1.